The molecule has 0 radical (unpaired) electrons. The lowest BCUT2D eigenvalue weighted by Gasteiger charge is -2.22. The van der Waals surface area contributed by atoms with Crippen LogP contribution in [0.15, 0.2) is 42.5 Å². The van der Waals surface area contributed by atoms with Crippen molar-refractivity contribution in [1.82, 2.24) is 5.32 Å². The Morgan fingerprint density at radius 2 is 1.78 bits per heavy atom. The van der Waals surface area contributed by atoms with Gasteiger partial charge in [0.2, 0.25) is 5.91 Å². The zero-order chi connectivity index (χ0) is 20.1. The van der Waals surface area contributed by atoms with E-state index in [2.05, 4.69) is 10.6 Å². The minimum Gasteiger partial charge on any atom is -0.366 e. The third-order valence-corrected chi connectivity index (χ3v) is 4.02. The minimum atomic E-state index is -0.934. The van der Waals surface area contributed by atoms with Crippen LogP contribution in [0.1, 0.15) is 40.1 Å². The normalized spacial score (nSPS) is 11.7. The number of nitrogens with one attached hydrogen (secondary N) is 2. The second-order valence-electron chi connectivity index (χ2n) is 6.61. The molecule has 0 fully saturated rings. The number of halogens is 1. The number of benzene rings is 2. The summed E-state index contributed by atoms with van der Waals surface area (Å²) < 4.78 is 13.6. The van der Waals surface area contributed by atoms with E-state index in [-0.39, 0.29) is 23.1 Å². The highest BCUT2D eigenvalue weighted by Crippen LogP contribution is 2.16. The van der Waals surface area contributed by atoms with Crippen LogP contribution in [0.25, 0.3) is 0 Å². The minimum absolute atomic E-state index is 0.199. The maximum Gasteiger partial charge on any atom is 0.251 e. The molecule has 0 aliphatic heterocycles. The number of nitrogens with two attached hydrogens (primary N) is 1. The van der Waals surface area contributed by atoms with E-state index in [1.54, 1.807) is 32.0 Å². The molecule has 27 heavy (non-hydrogen) atoms. The average Bonchev–Trinajstić information content (AvgIpc) is 2.60. The molecular formula is C20H22FN3O3. The Morgan fingerprint density at radius 1 is 1.07 bits per heavy atom. The molecule has 7 heteroatoms. The number of carbonyl (C=O) groups excluding carboxylic acids is 3. The molecule has 1 atom stereocenters. The molecule has 0 aliphatic carbocycles. The van der Waals surface area contributed by atoms with E-state index in [4.69, 9.17) is 5.73 Å². The van der Waals surface area contributed by atoms with Crippen LogP contribution in [-0.4, -0.2) is 23.8 Å². The Labute approximate surface area is 156 Å². The van der Waals surface area contributed by atoms with Gasteiger partial charge in [0.05, 0.1) is 5.56 Å². The summed E-state index contributed by atoms with van der Waals surface area (Å²) in [6.45, 7) is 5.45. The van der Waals surface area contributed by atoms with Crippen molar-refractivity contribution in [2.24, 2.45) is 11.7 Å². The van der Waals surface area contributed by atoms with Gasteiger partial charge in [0.15, 0.2) is 0 Å². The SMILES string of the molecule is Cc1cccc(C(=O)NC(C(=O)Nc2ccc(F)c(C(N)=O)c2)C(C)C)c1. The Hall–Kier alpha value is -3.22. The standard InChI is InChI=1S/C20H22FN3O3/c1-11(2)17(24-19(26)13-6-4-5-12(3)9-13)20(27)23-14-7-8-16(21)15(10-14)18(22)25/h4-11,17H,1-3H3,(H2,22,25)(H,23,27)(H,24,26). The van der Waals surface area contributed by atoms with Crippen molar-refractivity contribution in [3.8, 4) is 0 Å². The Bertz CT molecular complexity index is 881. The molecule has 0 aromatic heterocycles. The Morgan fingerprint density at radius 3 is 2.37 bits per heavy atom. The smallest absolute Gasteiger partial charge is 0.251 e. The summed E-state index contributed by atoms with van der Waals surface area (Å²) in [4.78, 5) is 36.3. The van der Waals surface area contributed by atoms with Crippen LogP contribution in [0.4, 0.5) is 10.1 Å². The van der Waals surface area contributed by atoms with E-state index < -0.39 is 23.7 Å². The van der Waals surface area contributed by atoms with Crippen LogP contribution in [0.5, 0.6) is 0 Å². The van der Waals surface area contributed by atoms with E-state index in [0.29, 0.717) is 5.56 Å². The van der Waals surface area contributed by atoms with Crippen LogP contribution < -0.4 is 16.4 Å². The molecule has 3 amide bonds. The number of amides is 3. The summed E-state index contributed by atoms with van der Waals surface area (Å²) in [6.07, 6.45) is 0. The van der Waals surface area contributed by atoms with E-state index in [9.17, 15) is 18.8 Å². The first-order valence-electron chi connectivity index (χ1n) is 8.46. The van der Waals surface area contributed by atoms with Gasteiger partial charge in [-0.3, -0.25) is 14.4 Å². The lowest BCUT2D eigenvalue weighted by molar-refractivity contribution is -0.118. The number of aryl methyl sites for hydroxylation is 1. The molecule has 0 saturated heterocycles. The Balaban J connectivity index is 2.17. The third-order valence-electron chi connectivity index (χ3n) is 4.02. The molecule has 0 bridgehead atoms. The average molecular weight is 371 g/mol. The maximum absolute atomic E-state index is 13.6. The van der Waals surface area contributed by atoms with Crippen molar-refractivity contribution >= 4 is 23.4 Å². The highest BCUT2D eigenvalue weighted by atomic mass is 19.1. The van der Waals surface area contributed by atoms with Crippen molar-refractivity contribution in [3.63, 3.8) is 0 Å². The van der Waals surface area contributed by atoms with Gasteiger partial charge in [-0.2, -0.15) is 0 Å². The molecule has 0 saturated carbocycles. The summed E-state index contributed by atoms with van der Waals surface area (Å²) in [7, 11) is 0. The van der Waals surface area contributed by atoms with Crippen molar-refractivity contribution in [1.29, 1.82) is 0 Å². The van der Waals surface area contributed by atoms with Gasteiger partial charge in [-0.1, -0.05) is 31.5 Å². The van der Waals surface area contributed by atoms with Crippen LogP contribution >= 0.6 is 0 Å². The molecule has 0 spiro atoms. The van der Waals surface area contributed by atoms with Crippen molar-refractivity contribution in [2.45, 2.75) is 26.8 Å². The van der Waals surface area contributed by atoms with E-state index >= 15 is 0 Å². The molecule has 2 rings (SSSR count). The fourth-order valence-electron chi connectivity index (χ4n) is 2.56. The lowest BCUT2D eigenvalue weighted by Crippen LogP contribution is -2.47. The predicted octanol–water partition coefficient (Wildman–Crippen LogP) is 2.63. The molecule has 0 heterocycles. The molecule has 6 nitrogen and oxygen atoms in total. The number of primary amides is 1. The van der Waals surface area contributed by atoms with Crippen LogP contribution in [0.2, 0.25) is 0 Å². The number of hydrogen-bond acceptors (Lipinski definition) is 3. The highest BCUT2D eigenvalue weighted by molar-refractivity contribution is 6.02. The van der Waals surface area contributed by atoms with Gasteiger partial charge in [-0.15, -0.1) is 0 Å². The van der Waals surface area contributed by atoms with Crippen molar-refractivity contribution < 1.29 is 18.8 Å². The fourth-order valence-corrected chi connectivity index (χ4v) is 2.56. The zero-order valence-corrected chi connectivity index (χ0v) is 15.4. The molecule has 0 aliphatic rings. The van der Waals surface area contributed by atoms with Crippen molar-refractivity contribution in [2.75, 3.05) is 5.32 Å². The topological polar surface area (TPSA) is 101 Å². The van der Waals surface area contributed by atoms with Crippen molar-refractivity contribution in [3.05, 3.63) is 65.0 Å². The van der Waals surface area contributed by atoms with Gasteiger partial charge in [0.1, 0.15) is 11.9 Å². The molecule has 142 valence electrons. The van der Waals surface area contributed by atoms with Crippen LogP contribution in [0, 0.1) is 18.7 Å². The van der Waals surface area contributed by atoms with Gasteiger partial charge in [-0.05, 0) is 43.2 Å². The summed E-state index contributed by atoms with van der Waals surface area (Å²) in [5.41, 5.74) is 6.39. The summed E-state index contributed by atoms with van der Waals surface area (Å²) in [5.74, 6) is -2.75. The zero-order valence-electron chi connectivity index (χ0n) is 15.4. The lowest BCUT2D eigenvalue weighted by atomic mass is 10.0. The van der Waals surface area contributed by atoms with Gasteiger partial charge >= 0.3 is 0 Å². The number of hydrogen-bond donors (Lipinski definition) is 3. The largest absolute Gasteiger partial charge is 0.366 e. The molecule has 2 aromatic rings. The molecule has 1 unspecified atom stereocenters. The van der Waals surface area contributed by atoms with E-state index in [1.165, 1.54) is 6.07 Å². The summed E-state index contributed by atoms with van der Waals surface area (Å²) >= 11 is 0. The van der Waals surface area contributed by atoms with Gasteiger partial charge in [-0.25, -0.2) is 4.39 Å². The number of anilines is 1. The maximum atomic E-state index is 13.6. The Kier molecular flexibility index (Phi) is 6.28. The highest BCUT2D eigenvalue weighted by Gasteiger charge is 2.25. The summed E-state index contributed by atoms with van der Waals surface area (Å²) in [6, 6.07) is 9.73. The van der Waals surface area contributed by atoms with E-state index in [1.807, 2.05) is 13.0 Å². The third kappa shape index (κ3) is 5.13. The molecular weight excluding hydrogens is 349 g/mol. The van der Waals surface area contributed by atoms with Gasteiger partial charge in [0.25, 0.3) is 11.8 Å². The second-order valence-corrected chi connectivity index (χ2v) is 6.61. The first-order valence-corrected chi connectivity index (χ1v) is 8.46. The summed E-state index contributed by atoms with van der Waals surface area (Å²) in [5, 5.41) is 5.30. The molecule has 4 N–H and O–H groups in total. The van der Waals surface area contributed by atoms with Crippen LogP contribution in [0.3, 0.4) is 0 Å². The number of carbonyl (C=O) groups is 3. The fraction of sp³-hybridized carbons (Fsp3) is 0.250. The predicted molar refractivity (Wildman–Crippen MR) is 101 cm³/mol. The quantitative estimate of drug-likeness (QED) is 0.727. The first-order chi connectivity index (χ1) is 12.7. The monoisotopic (exact) mass is 371 g/mol. The molecule has 2 aromatic carbocycles. The van der Waals surface area contributed by atoms with Gasteiger partial charge < -0.3 is 16.4 Å². The first kappa shape index (κ1) is 20.1. The van der Waals surface area contributed by atoms with Gasteiger partial charge in [0, 0.05) is 11.3 Å². The number of rotatable bonds is 6. The van der Waals surface area contributed by atoms with Crippen LogP contribution in [-0.2, 0) is 4.79 Å². The second kappa shape index (κ2) is 8.44. The van der Waals surface area contributed by atoms with E-state index in [0.717, 1.165) is 17.7 Å².